The summed E-state index contributed by atoms with van der Waals surface area (Å²) in [6, 6.07) is 7.17. The minimum Gasteiger partial charge on any atom is -0.317 e. The van der Waals surface area contributed by atoms with E-state index in [0.717, 1.165) is 63.3 Å². The number of sulfonamides is 1. The van der Waals surface area contributed by atoms with Gasteiger partial charge in [0.15, 0.2) is 0 Å². The highest BCUT2D eigenvalue weighted by Gasteiger charge is 2.40. The minimum atomic E-state index is -3.21. The second-order valence-corrected chi connectivity index (χ2v) is 11.7. The minimum absolute atomic E-state index is 0.172. The number of nitrogens with one attached hydrogen (secondary N) is 2. The lowest BCUT2D eigenvalue weighted by Gasteiger charge is -2.28. The van der Waals surface area contributed by atoms with Crippen molar-refractivity contribution in [3.63, 3.8) is 0 Å². The van der Waals surface area contributed by atoms with E-state index in [1.165, 1.54) is 36.8 Å². The van der Waals surface area contributed by atoms with E-state index in [9.17, 15) is 8.42 Å². The lowest BCUT2D eigenvalue weighted by atomic mass is 9.98. The van der Waals surface area contributed by atoms with Gasteiger partial charge in [0.2, 0.25) is 10.0 Å². The predicted molar refractivity (Wildman–Crippen MR) is 118 cm³/mol. The highest BCUT2D eigenvalue weighted by molar-refractivity contribution is 7.93. The summed E-state index contributed by atoms with van der Waals surface area (Å²) in [5, 5.41) is 7.05. The monoisotopic (exact) mass is 417 g/mol. The molecule has 2 saturated carbocycles. The molecule has 1 saturated heterocycles. The lowest BCUT2D eigenvalue weighted by Crippen LogP contribution is -2.38. The van der Waals surface area contributed by atoms with E-state index in [1.54, 1.807) is 4.31 Å². The third-order valence-electron chi connectivity index (χ3n) is 7.58. The van der Waals surface area contributed by atoms with Crippen molar-refractivity contribution in [2.75, 3.05) is 30.5 Å². The Morgan fingerprint density at radius 3 is 2.66 bits per heavy atom. The molecule has 0 radical (unpaired) electrons. The van der Waals surface area contributed by atoms with Crippen molar-refractivity contribution in [3.05, 3.63) is 29.3 Å². The zero-order valence-electron chi connectivity index (χ0n) is 17.4. The molecule has 0 aromatic heterocycles. The van der Waals surface area contributed by atoms with Crippen LogP contribution in [0, 0.1) is 5.92 Å². The largest absolute Gasteiger partial charge is 0.317 e. The molecule has 0 spiro atoms. The fourth-order valence-electron chi connectivity index (χ4n) is 5.62. The number of benzene rings is 1. The fraction of sp³-hybridized carbons (Fsp3) is 0.739. The second-order valence-electron chi connectivity index (χ2n) is 9.57. The normalized spacial score (nSPS) is 28.5. The Labute approximate surface area is 175 Å². The standard InChI is InChI=1S/C23H35N3O2S/c27-29(28,20-4-2-1-3-5-20)26-13-10-19-14-18(6-7-23(19)26)21-15-22(21)25-16-17-8-11-24-12-9-17/h6-7,14,17,20-22,24-25H,1-5,8-13,15-16H2/t21-,22+/m0/s1. The van der Waals surface area contributed by atoms with Crippen LogP contribution in [0.1, 0.15) is 68.4 Å². The van der Waals surface area contributed by atoms with Crippen LogP contribution in [-0.2, 0) is 16.4 Å². The van der Waals surface area contributed by atoms with E-state index in [2.05, 4.69) is 28.8 Å². The number of nitrogens with zero attached hydrogens (tertiary/aromatic N) is 1. The molecule has 2 atom stereocenters. The molecule has 2 aliphatic heterocycles. The van der Waals surface area contributed by atoms with Crippen LogP contribution < -0.4 is 14.9 Å². The molecule has 5 nitrogen and oxygen atoms in total. The number of fused-ring (bicyclic) bond motifs is 1. The van der Waals surface area contributed by atoms with E-state index in [4.69, 9.17) is 0 Å². The average Bonchev–Trinajstić information content (AvgIpc) is 3.41. The van der Waals surface area contributed by atoms with Crippen LogP contribution in [0.3, 0.4) is 0 Å². The first kappa shape index (κ1) is 19.8. The molecule has 4 aliphatic rings. The summed E-state index contributed by atoms with van der Waals surface area (Å²) >= 11 is 0. The molecule has 1 aromatic rings. The van der Waals surface area contributed by atoms with Crippen molar-refractivity contribution in [2.45, 2.75) is 75.0 Å². The van der Waals surface area contributed by atoms with Crippen LogP contribution in [0.25, 0.3) is 0 Å². The Hall–Kier alpha value is -1.11. The van der Waals surface area contributed by atoms with E-state index in [-0.39, 0.29) is 5.25 Å². The first-order valence-electron chi connectivity index (χ1n) is 11.7. The van der Waals surface area contributed by atoms with Gasteiger partial charge in [-0.1, -0.05) is 31.4 Å². The molecule has 0 amide bonds. The highest BCUT2D eigenvalue weighted by atomic mass is 32.2. The van der Waals surface area contributed by atoms with Crippen LogP contribution >= 0.6 is 0 Å². The molecule has 160 valence electrons. The zero-order valence-corrected chi connectivity index (χ0v) is 18.2. The van der Waals surface area contributed by atoms with E-state index in [1.807, 2.05) is 0 Å². The molecule has 6 heteroatoms. The molecule has 2 aliphatic carbocycles. The highest BCUT2D eigenvalue weighted by Crippen LogP contribution is 2.44. The third-order valence-corrected chi connectivity index (χ3v) is 9.89. The Balaban J connectivity index is 1.22. The summed E-state index contributed by atoms with van der Waals surface area (Å²) in [5.74, 6) is 1.42. The van der Waals surface area contributed by atoms with Crippen LogP contribution in [0.4, 0.5) is 5.69 Å². The maximum atomic E-state index is 13.2. The quantitative estimate of drug-likeness (QED) is 0.746. The molecule has 3 fully saturated rings. The van der Waals surface area contributed by atoms with Gasteiger partial charge in [-0.3, -0.25) is 4.31 Å². The van der Waals surface area contributed by atoms with Crippen molar-refractivity contribution >= 4 is 15.7 Å². The van der Waals surface area contributed by atoms with Gasteiger partial charge in [0.25, 0.3) is 0 Å². The van der Waals surface area contributed by atoms with Crippen LogP contribution in [0.2, 0.25) is 0 Å². The third kappa shape index (κ3) is 4.08. The lowest BCUT2D eigenvalue weighted by molar-refractivity contribution is 0.355. The van der Waals surface area contributed by atoms with Crippen molar-refractivity contribution in [2.24, 2.45) is 5.92 Å². The molecule has 2 N–H and O–H groups in total. The van der Waals surface area contributed by atoms with Gasteiger partial charge in [-0.2, -0.15) is 0 Å². The van der Waals surface area contributed by atoms with Gasteiger partial charge in [-0.05, 0) is 81.3 Å². The number of piperidine rings is 1. The van der Waals surface area contributed by atoms with Crippen molar-refractivity contribution in [1.82, 2.24) is 10.6 Å². The first-order chi connectivity index (χ1) is 14.1. The van der Waals surface area contributed by atoms with Gasteiger partial charge in [-0.15, -0.1) is 0 Å². The van der Waals surface area contributed by atoms with Crippen molar-refractivity contribution in [3.8, 4) is 0 Å². The predicted octanol–water partition coefficient (Wildman–Crippen LogP) is 3.16. The fourth-order valence-corrected chi connectivity index (χ4v) is 7.71. The van der Waals surface area contributed by atoms with E-state index < -0.39 is 10.0 Å². The molecular weight excluding hydrogens is 382 g/mol. The smallest absolute Gasteiger partial charge is 0.238 e. The van der Waals surface area contributed by atoms with Gasteiger partial charge < -0.3 is 10.6 Å². The SMILES string of the molecule is O=S(=O)(C1CCCCC1)N1CCc2cc([C@@H]3C[C@H]3NCC3CCNCC3)ccc21. The van der Waals surface area contributed by atoms with Crippen molar-refractivity contribution in [1.29, 1.82) is 0 Å². The summed E-state index contributed by atoms with van der Waals surface area (Å²) in [6.07, 6.45) is 9.59. The molecule has 29 heavy (non-hydrogen) atoms. The van der Waals surface area contributed by atoms with Gasteiger partial charge in [-0.25, -0.2) is 8.42 Å². The summed E-state index contributed by atoms with van der Waals surface area (Å²) < 4.78 is 28.1. The summed E-state index contributed by atoms with van der Waals surface area (Å²) in [7, 11) is -3.21. The Morgan fingerprint density at radius 2 is 1.86 bits per heavy atom. The number of rotatable bonds is 6. The van der Waals surface area contributed by atoms with Crippen molar-refractivity contribution < 1.29 is 8.42 Å². The summed E-state index contributed by atoms with van der Waals surface area (Å²) in [6.45, 7) is 4.08. The first-order valence-corrected chi connectivity index (χ1v) is 13.2. The Kier molecular flexibility index (Phi) is 5.61. The molecule has 1 aromatic carbocycles. The van der Waals surface area contributed by atoms with Gasteiger partial charge >= 0.3 is 0 Å². The maximum absolute atomic E-state index is 13.2. The number of hydrogen-bond donors (Lipinski definition) is 2. The van der Waals surface area contributed by atoms with Crippen LogP contribution in [0.15, 0.2) is 18.2 Å². The summed E-state index contributed by atoms with van der Waals surface area (Å²) in [4.78, 5) is 0. The van der Waals surface area contributed by atoms with E-state index in [0.29, 0.717) is 18.5 Å². The Morgan fingerprint density at radius 1 is 1.07 bits per heavy atom. The zero-order chi connectivity index (χ0) is 19.8. The topological polar surface area (TPSA) is 61.4 Å². The molecule has 5 rings (SSSR count). The molecular formula is C23H35N3O2S. The second kappa shape index (κ2) is 8.20. The average molecular weight is 418 g/mol. The maximum Gasteiger partial charge on any atom is 0.238 e. The Bertz CT molecular complexity index is 829. The van der Waals surface area contributed by atoms with Gasteiger partial charge in [0, 0.05) is 18.5 Å². The number of hydrogen-bond acceptors (Lipinski definition) is 4. The molecule has 2 heterocycles. The van der Waals surface area contributed by atoms with Gasteiger partial charge in [0.05, 0.1) is 10.9 Å². The van der Waals surface area contributed by atoms with Gasteiger partial charge in [0.1, 0.15) is 0 Å². The van der Waals surface area contributed by atoms with E-state index >= 15 is 0 Å². The molecule has 0 bridgehead atoms. The molecule has 0 unspecified atom stereocenters. The number of anilines is 1. The van der Waals surface area contributed by atoms with Crippen LogP contribution in [-0.4, -0.2) is 45.9 Å². The van der Waals surface area contributed by atoms with Crippen LogP contribution in [0.5, 0.6) is 0 Å². The summed E-state index contributed by atoms with van der Waals surface area (Å²) in [5.41, 5.74) is 3.56.